The van der Waals surface area contributed by atoms with Gasteiger partial charge in [-0.2, -0.15) is 15.4 Å². The molecule has 0 atom stereocenters. The van der Waals surface area contributed by atoms with Crippen LogP contribution < -0.4 is 5.01 Å². The highest BCUT2D eigenvalue weighted by atomic mass is 16.2. The fourth-order valence-corrected chi connectivity index (χ4v) is 1.36. The summed E-state index contributed by atoms with van der Waals surface area (Å²) in [5, 5.41) is 13.5. The van der Waals surface area contributed by atoms with Crippen molar-refractivity contribution in [3.05, 3.63) is 30.3 Å². The number of anilines is 1. The summed E-state index contributed by atoms with van der Waals surface area (Å²) in [6.45, 7) is 0. The second-order valence-corrected chi connectivity index (χ2v) is 3.20. The molecule has 5 heteroatoms. The summed E-state index contributed by atoms with van der Waals surface area (Å²) in [5.74, 6) is -0.949. The van der Waals surface area contributed by atoms with Crippen molar-refractivity contribution in [2.24, 2.45) is 5.10 Å². The van der Waals surface area contributed by atoms with Crippen LogP contribution in [0.1, 0.15) is 6.42 Å². The maximum atomic E-state index is 11.6. The molecule has 0 saturated carbocycles. The number of amides is 1. The molecule has 1 amide bonds. The summed E-state index contributed by atoms with van der Waals surface area (Å²) < 4.78 is 0. The number of hydrogen-bond acceptors (Lipinski definition) is 4. The number of carbonyl (C=O) groups excluding carboxylic acids is 2. The van der Waals surface area contributed by atoms with Crippen molar-refractivity contribution in [3.8, 4) is 6.07 Å². The zero-order chi connectivity index (χ0) is 11.5. The minimum atomic E-state index is -0.528. The van der Waals surface area contributed by atoms with E-state index < -0.39 is 11.7 Å². The number of ketones is 1. The van der Waals surface area contributed by atoms with Crippen LogP contribution in [0.15, 0.2) is 35.4 Å². The highest BCUT2D eigenvalue weighted by Gasteiger charge is 2.28. The monoisotopic (exact) mass is 213 g/mol. The van der Waals surface area contributed by atoms with Crippen molar-refractivity contribution in [2.45, 2.75) is 6.42 Å². The van der Waals surface area contributed by atoms with E-state index in [1.165, 1.54) is 0 Å². The molecule has 0 spiro atoms. The number of para-hydroxylation sites is 1. The van der Waals surface area contributed by atoms with E-state index in [-0.39, 0.29) is 12.1 Å². The smallest absolute Gasteiger partial charge is 0.255 e. The first-order valence-corrected chi connectivity index (χ1v) is 4.62. The molecule has 0 aliphatic carbocycles. The molecule has 1 aliphatic rings. The highest BCUT2D eigenvalue weighted by Crippen LogP contribution is 2.18. The van der Waals surface area contributed by atoms with E-state index >= 15 is 0 Å². The Bertz CT molecular complexity index is 514. The van der Waals surface area contributed by atoms with Crippen LogP contribution in [0.25, 0.3) is 0 Å². The van der Waals surface area contributed by atoms with Crippen molar-refractivity contribution in [1.29, 1.82) is 5.26 Å². The Morgan fingerprint density at radius 1 is 1.25 bits per heavy atom. The number of hydrogen-bond donors (Lipinski definition) is 0. The minimum Gasteiger partial charge on any atom is -0.291 e. The maximum absolute atomic E-state index is 11.6. The van der Waals surface area contributed by atoms with Gasteiger partial charge >= 0.3 is 0 Å². The fourth-order valence-electron chi connectivity index (χ4n) is 1.36. The molecule has 0 bridgehead atoms. The quantitative estimate of drug-likeness (QED) is 0.649. The van der Waals surface area contributed by atoms with Gasteiger partial charge in [-0.1, -0.05) is 18.2 Å². The molecule has 0 radical (unpaired) electrons. The third-order valence-corrected chi connectivity index (χ3v) is 2.12. The molecule has 0 saturated heterocycles. The molecule has 2 rings (SSSR count). The van der Waals surface area contributed by atoms with Crippen LogP contribution in [-0.2, 0) is 9.59 Å². The van der Waals surface area contributed by atoms with Crippen molar-refractivity contribution < 1.29 is 9.59 Å². The van der Waals surface area contributed by atoms with E-state index in [0.29, 0.717) is 5.69 Å². The van der Waals surface area contributed by atoms with Gasteiger partial charge in [0.25, 0.3) is 5.91 Å². The Hall–Kier alpha value is -2.48. The molecule has 1 aromatic rings. The number of hydrazone groups is 1. The SMILES string of the molecule is N#CC1=NN(c2ccccc2)C(=O)CC1=O. The van der Waals surface area contributed by atoms with E-state index in [2.05, 4.69) is 5.10 Å². The molecule has 16 heavy (non-hydrogen) atoms. The number of carbonyl (C=O) groups is 2. The zero-order valence-electron chi connectivity index (χ0n) is 8.25. The molecule has 1 aliphatic heterocycles. The predicted molar refractivity (Wildman–Crippen MR) is 56.6 cm³/mol. The van der Waals surface area contributed by atoms with Crippen LogP contribution in [0.2, 0.25) is 0 Å². The largest absolute Gasteiger partial charge is 0.291 e. The first-order valence-electron chi connectivity index (χ1n) is 4.62. The van der Waals surface area contributed by atoms with E-state index in [1.54, 1.807) is 36.4 Å². The van der Waals surface area contributed by atoms with Gasteiger partial charge in [0, 0.05) is 0 Å². The Balaban J connectivity index is 2.43. The first kappa shape index (κ1) is 10.1. The van der Waals surface area contributed by atoms with Crippen LogP contribution in [0.3, 0.4) is 0 Å². The molecule has 0 aromatic heterocycles. The van der Waals surface area contributed by atoms with Gasteiger partial charge in [0.15, 0.2) is 0 Å². The lowest BCUT2D eigenvalue weighted by atomic mass is 10.1. The van der Waals surface area contributed by atoms with Crippen molar-refractivity contribution in [2.75, 3.05) is 5.01 Å². The Morgan fingerprint density at radius 2 is 1.94 bits per heavy atom. The predicted octanol–water partition coefficient (Wildman–Crippen LogP) is 0.872. The summed E-state index contributed by atoms with van der Waals surface area (Å²) in [6.07, 6.45) is -0.304. The molecule has 1 heterocycles. The van der Waals surface area contributed by atoms with Crippen molar-refractivity contribution in [1.82, 2.24) is 0 Å². The summed E-state index contributed by atoms with van der Waals surface area (Å²) >= 11 is 0. The van der Waals surface area contributed by atoms with Gasteiger partial charge in [0.2, 0.25) is 11.5 Å². The summed E-state index contributed by atoms with van der Waals surface area (Å²) in [4.78, 5) is 22.8. The standard InChI is InChI=1S/C11H7N3O2/c12-7-9-10(15)6-11(16)14(13-9)8-4-2-1-3-5-8/h1-5H,6H2. The van der Waals surface area contributed by atoms with Gasteiger partial charge in [-0.15, -0.1) is 0 Å². The third-order valence-electron chi connectivity index (χ3n) is 2.12. The lowest BCUT2D eigenvalue weighted by Gasteiger charge is -2.20. The molecule has 78 valence electrons. The minimum absolute atomic E-state index is 0.233. The van der Waals surface area contributed by atoms with Crippen LogP contribution in [0.5, 0.6) is 0 Å². The number of rotatable bonds is 1. The summed E-state index contributed by atoms with van der Waals surface area (Å²) in [7, 11) is 0. The number of nitrogens with zero attached hydrogens (tertiary/aromatic N) is 3. The van der Waals surface area contributed by atoms with E-state index in [1.807, 2.05) is 0 Å². The van der Waals surface area contributed by atoms with Gasteiger partial charge in [-0.3, -0.25) is 9.59 Å². The van der Waals surface area contributed by atoms with Crippen LogP contribution in [-0.4, -0.2) is 17.4 Å². The van der Waals surface area contributed by atoms with Gasteiger partial charge < -0.3 is 0 Å². The third kappa shape index (κ3) is 1.68. The van der Waals surface area contributed by atoms with Gasteiger partial charge in [0.1, 0.15) is 6.07 Å². The van der Waals surface area contributed by atoms with E-state index in [0.717, 1.165) is 5.01 Å². The Morgan fingerprint density at radius 3 is 2.56 bits per heavy atom. The fraction of sp³-hybridized carbons (Fsp3) is 0.0909. The first-order chi connectivity index (χ1) is 7.72. The molecule has 0 fully saturated rings. The summed E-state index contributed by atoms with van der Waals surface area (Å²) in [6, 6.07) is 10.4. The maximum Gasteiger partial charge on any atom is 0.255 e. The molecular weight excluding hydrogens is 206 g/mol. The lowest BCUT2D eigenvalue weighted by molar-refractivity contribution is -0.124. The van der Waals surface area contributed by atoms with Crippen LogP contribution in [0, 0.1) is 11.3 Å². The van der Waals surface area contributed by atoms with Gasteiger partial charge in [-0.25, -0.2) is 0 Å². The van der Waals surface area contributed by atoms with Crippen molar-refractivity contribution >= 4 is 23.1 Å². The second-order valence-electron chi connectivity index (χ2n) is 3.20. The zero-order valence-corrected chi connectivity index (χ0v) is 8.25. The second kappa shape index (κ2) is 3.95. The lowest BCUT2D eigenvalue weighted by Crippen LogP contribution is -2.36. The van der Waals surface area contributed by atoms with Crippen LogP contribution in [0.4, 0.5) is 5.69 Å². The number of benzene rings is 1. The molecule has 5 nitrogen and oxygen atoms in total. The highest BCUT2D eigenvalue weighted by molar-refractivity contribution is 6.50. The number of Topliss-reactive ketones (excluding diaryl/α,β-unsaturated/α-hetero) is 1. The molecule has 0 unspecified atom stereocenters. The topological polar surface area (TPSA) is 73.5 Å². The normalized spacial score (nSPS) is 15.7. The van der Waals surface area contributed by atoms with Gasteiger partial charge in [-0.05, 0) is 12.1 Å². The number of nitriles is 1. The molecule has 1 aromatic carbocycles. The Kier molecular flexibility index (Phi) is 2.48. The average molecular weight is 213 g/mol. The Labute approximate surface area is 91.6 Å². The van der Waals surface area contributed by atoms with Gasteiger partial charge in [0.05, 0.1) is 12.1 Å². The summed E-state index contributed by atoms with van der Waals surface area (Å²) in [5.41, 5.74) is 0.316. The average Bonchev–Trinajstić information content (AvgIpc) is 2.30. The molecular formula is C11H7N3O2. The van der Waals surface area contributed by atoms with E-state index in [4.69, 9.17) is 5.26 Å². The van der Waals surface area contributed by atoms with E-state index in [9.17, 15) is 9.59 Å². The van der Waals surface area contributed by atoms with Crippen LogP contribution >= 0.6 is 0 Å². The molecule has 0 N–H and O–H groups in total. The van der Waals surface area contributed by atoms with Crippen molar-refractivity contribution in [3.63, 3.8) is 0 Å².